The predicted molar refractivity (Wildman–Crippen MR) is 70.6 cm³/mol. The minimum atomic E-state index is -3.65. The topological polar surface area (TPSA) is 76.1 Å². The molecule has 0 radical (unpaired) electrons. The fraction of sp³-hybridized carbons (Fsp3) is 0.500. The molecule has 0 aliphatic carbocycles. The van der Waals surface area contributed by atoms with Gasteiger partial charge in [0.1, 0.15) is 5.75 Å². The zero-order valence-corrected chi connectivity index (χ0v) is 11.9. The molecule has 0 aliphatic rings. The lowest BCUT2D eigenvalue weighted by atomic mass is 10.3. The summed E-state index contributed by atoms with van der Waals surface area (Å²) in [4.78, 5) is 0.0553. The van der Waals surface area contributed by atoms with Gasteiger partial charge in [0.05, 0.1) is 18.1 Å². The second-order valence-electron chi connectivity index (χ2n) is 3.89. The van der Waals surface area contributed by atoms with E-state index in [1.54, 1.807) is 0 Å². The van der Waals surface area contributed by atoms with Crippen LogP contribution in [0, 0.1) is 0 Å². The summed E-state index contributed by atoms with van der Waals surface area (Å²) in [6, 6.07) is 5.59. The van der Waals surface area contributed by atoms with Crippen LogP contribution in [0.2, 0.25) is 0 Å². The largest absolute Gasteiger partial charge is 0.508 e. The number of hydrogen-bond acceptors (Lipinski definition) is 5. The molecule has 0 unspecified atom stereocenters. The molecule has 0 aromatic heterocycles. The Morgan fingerprint density at radius 1 is 1.16 bits per heavy atom. The lowest BCUT2D eigenvalue weighted by Gasteiger charge is -2.21. The molecular weight excluding hydrogens is 270 g/mol. The number of methoxy groups -OCH3 is 2. The summed E-state index contributed by atoms with van der Waals surface area (Å²) in [5.74, 6) is -0.0838. The van der Waals surface area contributed by atoms with E-state index >= 15 is 0 Å². The number of phenolic OH excluding ortho intramolecular Hbond substituents is 1. The molecule has 0 bridgehead atoms. The van der Waals surface area contributed by atoms with Crippen LogP contribution >= 0.6 is 0 Å². The molecule has 1 aromatic carbocycles. The molecule has 0 saturated heterocycles. The van der Waals surface area contributed by atoms with Crippen LogP contribution in [0.1, 0.15) is 0 Å². The summed E-state index contributed by atoms with van der Waals surface area (Å²) in [5.41, 5.74) is 0. The van der Waals surface area contributed by atoms with E-state index < -0.39 is 10.0 Å². The molecule has 19 heavy (non-hydrogen) atoms. The van der Waals surface area contributed by atoms with Gasteiger partial charge in [-0.15, -0.1) is 0 Å². The molecule has 7 heteroatoms. The van der Waals surface area contributed by atoms with E-state index in [-0.39, 0.29) is 23.7 Å². The fourth-order valence-electron chi connectivity index (χ4n) is 1.53. The number of rotatable bonds is 8. The van der Waals surface area contributed by atoms with Crippen molar-refractivity contribution in [3.05, 3.63) is 24.3 Å². The monoisotopic (exact) mass is 289 g/mol. The second kappa shape index (κ2) is 7.44. The van der Waals surface area contributed by atoms with E-state index in [1.165, 1.54) is 42.8 Å². The number of phenols is 1. The Hall–Kier alpha value is -1.15. The number of nitrogens with zero attached hydrogens (tertiary/aromatic N) is 1. The number of sulfonamides is 1. The molecule has 0 spiro atoms. The van der Waals surface area contributed by atoms with E-state index in [0.717, 1.165) is 0 Å². The van der Waals surface area contributed by atoms with Crippen LogP contribution in [-0.4, -0.2) is 58.4 Å². The van der Waals surface area contributed by atoms with Crippen LogP contribution in [0.25, 0.3) is 0 Å². The molecule has 0 aliphatic heterocycles. The van der Waals surface area contributed by atoms with Crippen molar-refractivity contribution in [2.24, 2.45) is 0 Å². The Morgan fingerprint density at radius 3 is 2.21 bits per heavy atom. The van der Waals surface area contributed by atoms with Crippen LogP contribution in [0.3, 0.4) is 0 Å². The standard InChI is InChI=1S/C12H19NO5S/c1-17-8-6-13(7-9-18-2)19(15,16)12-5-3-4-11(14)10-12/h3-5,10,14H,6-9H2,1-2H3. The SMILES string of the molecule is COCCN(CCOC)S(=O)(=O)c1cccc(O)c1. The van der Waals surface area contributed by atoms with Crippen LogP contribution in [0.5, 0.6) is 5.75 Å². The van der Waals surface area contributed by atoms with Crippen molar-refractivity contribution in [2.45, 2.75) is 4.90 Å². The lowest BCUT2D eigenvalue weighted by Crippen LogP contribution is -2.36. The van der Waals surface area contributed by atoms with Crippen LogP contribution in [-0.2, 0) is 19.5 Å². The maximum Gasteiger partial charge on any atom is 0.243 e. The molecule has 1 N–H and O–H groups in total. The van der Waals surface area contributed by atoms with E-state index in [4.69, 9.17) is 9.47 Å². The molecule has 1 aromatic rings. The first-order valence-electron chi connectivity index (χ1n) is 5.79. The Labute approximate surface area is 113 Å². The fourth-order valence-corrected chi connectivity index (χ4v) is 2.98. The van der Waals surface area contributed by atoms with Crippen LogP contribution in [0.4, 0.5) is 0 Å². The third kappa shape index (κ3) is 4.46. The smallest absolute Gasteiger partial charge is 0.243 e. The second-order valence-corrected chi connectivity index (χ2v) is 5.82. The highest BCUT2D eigenvalue weighted by Crippen LogP contribution is 2.19. The molecule has 0 heterocycles. The van der Waals surface area contributed by atoms with Crippen molar-refractivity contribution in [1.29, 1.82) is 0 Å². The van der Waals surface area contributed by atoms with Crippen molar-refractivity contribution in [3.8, 4) is 5.75 Å². The highest BCUT2D eigenvalue weighted by Gasteiger charge is 2.24. The van der Waals surface area contributed by atoms with Gasteiger partial charge < -0.3 is 14.6 Å². The quantitative estimate of drug-likeness (QED) is 0.761. The van der Waals surface area contributed by atoms with Gasteiger partial charge >= 0.3 is 0 Å². The van der Waals surface area contributed by atoms with E-state index in [1.807, 2.05) is 0 Å². The number of hydrogen-bond donors (Lipinski definition) is 1. The van der Waals surface area contributed by atoms with E-state index in [2.05, 4.69) is 0 Å². The van der Waals surface area contributed by atoms with Crippen molar-refractivity contribution >= 4 is 10.0 Å². The van der Waals surface area contributed by atoms with Gasteiger partial charge in [-0.3, -0.25) is 0 Å². The van der Waals surface area contributed by atoms with Crippen molar-refractivity contribution in [1.82, 2.24) is 4.31 Å². The first-order valence-corrected chi connectivity index (χ1v) is 7.23. The molecule has 0 amide bonds. The molecular formula is C12H19NO5S. The van der Waals surface area contributed by atoms with Gasteiger partial charge in [0.15, 0.2) is 0 Å². The van der Waals surface area contributed by atoms with E-state index in [0.29, 0.717) is 13.2 Å². The molecule has 108 valence electrons. The van der Waals surface area contributed by atoms with Crippen molar-refractivity contribution in [3.63, 3.8) is 0 Å². The van der Waals surface area contributed by atoms with Gasteiger partial charge in [0, 0.05) is 27.3 Å². The number of ether oxygens (including phenoxy) is 2. The van der Waals surface area contributed by atoms with Crippen molar-refractivity contribution in [2.75, 3.05) is 40.5 Å². The zero-order valence-electron chi connectivity index (χ0n) is 11.1. The van der Waals surface area contributed by atoms with Crippen molar-refractivity contribution < 1.29 is 23.0 Å². The first kappa shape index (κ1) is 15.9. The van der Waals surface area contributed by atoms with Gasteiger partial charge in [0.25, 0.3) is 0 Å². The number of aromatic hydroxyl groups is 1. The summed E-state index contributed by atoms with van der Waals surface area (Å²) in [6.07, 6.45) is 0. The molecule has 0 fully saturated rings. The summed E-state index contributed by atoms with van der Waals surface area (Å²) in [7, 11) is -0.636. The minimum Gasteiger partial charge on any atom is -0.508 e. The third-order valence-corrected chi connectivity index (χ3v) is 4.44. The van der Waals surface area contributed by atoms with Crippen LogP contribution < -0.4 is 0 Å². The predicted octanol–water partition coefficient (Wildman–Crippen LogP) is 0.676. The Kier molecular flexibility index (Phi) is 6.23. The van der Waals surface area contributed by atoms with Gasteiger partial charge in [-0.25, -0.2) is 8.42 Å². The highest BCUT2D eigenvalue weighted by atomic mass is 32.2. The normalized spacial score (nSPS) is 11.9. The Balaban J connectivity index is 2.97. The Morgan fingerprint density at radius 2 is 1.74 bits per heavy atom. The minimum absolute atomic E-state index is 0.0553. The molecule has 1 rings (SSSR count). The lowest BCUT2D eigenvalue weighted by molar-refractivity contribution is 0.150. The molecule has 6 nitrogen and oxygen atoms in total. The average molecular weight is 289 g/mol. The molecule has 0 saturated carbocycles. The van der Waals surface area contributed by atoms with Gasteiger partial charge in [-0.1, -0.05) is 6.07 Å². The van der Waals surface area contributed by atoms with Crippen LogP contribution in [0.15, 0.2) is 29.2 Å². The van der Waals surface area contributed by atoms with Gasteiger partial charge in [-0.2, -0.15) is 4.31 Å². The van der Waals surface area contributed by atoms with Gasteiger partial charge in [-0.05, 0) is 18.2 Å². The van der Waals surface area contributed by atoms with Gasteiger partial charge in [0.2, 0.25) is 10.0 Å². The van der Waals surface area contributed by atoms with E-state index in [9.17, 15) is 13.5 Å². The number of benzene rings is 1. The average Bonchev–Trinajstić information content (AvgIpc) is 2.38. The zero-order chi connectivity index (χ0) is 14.3. The first-order chi connectivity index (χ1) is 9.02. The maximum atomic E-state index is 12.4. The summed E-state index contributed by atoms with van der Waals surface area (Å²) in [6.45, 7) is 1.05. The third-order valence-electron chi connectivity index (χ3n) is 2.55. The highest BCUT2D eigenvalue weighted by molar-refractivity contribution is 7.89. The molecule has 0 atom stereocenters. The Bertz CT molecular complexity index is 481. The summed E-state index contributed by atoms with van der Waals surface area (Å²) >= 11 is 0. The summed E-state index contributed by atoms with van der Waals surface area (Å²) in [5, 5.41) is 9.38. The maximum absolute atomic E-state index is 12.4. The summed E-state index contributed by atoms with van der Waals surface area (Å²) < 4.78 is 35.9.